The van der Waals surface area contributed by atoms with Crippen molar-refractivity contribution in [3.63, 3.8) is 0 Å². The molecule has 0 aliphatic heterocycles. The second-order valence-electron chi connectivity index (χ2n) is 3.96. The van der Waals surface area contributed by atoms with Gasteiger partial charge in [-0.25, -0.2) is 4.98 Å². The van der Waals surface area contributed by atoms with Crippen LogP contribution in [0.3, 0.4) is 0 Å². The van der Waals surface area contributed by atoms with Gasteiger partial charge in [0, 0.05) is 5.02 Å². The first-order valence-electron chi connectivity index (χ1n) is 5.68. The molecule has 2 N–H and O–H groups in total. The first-order valence-corrected chi connectivity index (χ1v) is 6.06. The number of aromatic nitrogens is 2. The van der Waals surface area contributed by atoms with Crippen LogP contribution in [0.1, 0.15) is 0 Å². The summed E-state index contributed by atoms with van der Waals surface area (Å²) in [5.41, 5.74) is 6.43. The molecule has 0 unspecified atom stereocenters. The molecular formula is C14H10ClN3O. The van der Waals surface area contributed by atoms with E-state index in [0.29, 0.717) is 16.7 Å². The zero-order valence-corrected chi connectivity index (χ0v) is 10.6. The summed E-state index contributed by atoms with van der Waals surface area (Å²) in [6.07, 6.45) is 0. The van der Waals surface area contributed by atoms with Gasteiger partial charge in [-0.3, -0.25) is 0 Å². The first-order chi connectivity index (χ1) is 9.22. The number of fused-ring (bicyclic) bond motifs is 1. The molecule has 19 heavy (non-hydrogen) atoms. The van der Waals surface area contributed by atoms with Crippen molar-refractivity contribution in [1.82, 2.24) is 9.97 Å². The van der Waals surface area contributed by atoms with Crippen molar-refractivity contribution in [3.05, 3.63) is 53.6 Å². The average molecular weight is 272 g/mol. The minimum Gasteiger partial charge on any atom is -0.438 e. The van der Waals surface area contributed by atoms with E-state index in [4.69, 9.17) is 22.1 Å². The number of rotatable bonds is 2. The number of hydrogen-bond acceptors (Lipinski definition) is 4. The van der Waals surface area contributed by atoms with Gasteiger partial charge in [-0.15, -0.1) is 0 Å². The van der Waals surface area contributed by atoms with Crippen molar-refractivity contribution in [1.29, 1.82) is 0 Å². The maximum Gasteiger partial charge on any atom is 0.231 e. The van der Waals surface area contributed by atoms with Gasteiger partial charge >= 0.3 is 0 Å². The van der Waals surface area contributed by atoms with Gasteiger partial charge in [0.05, 0.1) is 10.9 Å². The number of nitrogens with zero attached hydrogens (tertiary/aromatic N) is 2. The third kappa shape index (κ3) is 2.44. The van der Waals surface area contributed by atoms with E-state index in [1.807, 2.05) is 24.3 Å². The number of anilines is 1. The predicted molar refractivity (Wildman–Crippen MR) is 75.5 cm³/mol. The molecular weight excluding hydrogens is 262 g/mol. The molecule has 0 spiro atoms. The van der Waals surface area contributed by atoms with Crippen molar-refractivity contribution >= 4 is 28.5 Å². The van der Waals surface area contributed by atoms with Gasteiger partial charge in [0.15, 0.2) is 0 Å². The molecule has 0 fully saturated rings. The predicted octanol–water partition coefficient (Wildman–Crippen LogP) is 3.66. The summed E-state index contributed by atoms with van der Waals surface area (Å²) in [4.78, 5) is 8.29. The van der Waals surface area contributed by atoms with Gasteiger partial charge in [-0.1, -0.05) is 23.7 Å². The van der Waals surface area contributed by atoms with E-state index in [9.17, 15) is 0 Å². The van der Waals surface area contributed by atoms with E-state index in [1.165, 1.54) is 0 Å². The second-order valence-corrected chi connectivity index (χ2v) is 4.40. The third-order valence-corrected chi connectivity index (χ3v) is 2.87. The van der Waals surface area contributed by atoms with E-state index < -0.39 is 0 Å². The number of hydrogen-bond donors (Lipinski definition) is 1. The molecule has 3 rings (SSSR count). The molecule has 3 aromatic rings. The fraction of sp³-hybridized carbons (Fsp3) is 0. The molecule has 0 radical (unpaired) electrons. The van der Waals surface area contributed by atoms with Crippen molar-refractivity contribution in [2.75, 3.05) is 5.73 Å². The Morgan fingerprint density at radius 3 is 2.47 bits per heavy atom. The van der Waals surface area contributed by atoms with E-state index in [0.717, 1.165) is 10.9 Å². The summed E-state index contributed by atoms with van der Waals surface area (Å²) in [5.74, 6) is 1.26. The van der Waals surface area contributed by atoms with E-state index in [1.54, 1.807) is 24.3 Å². The number of nitrogen functional groups attached to an aromatic ring is 1. The molecule has 0 aliphatic carbocycles. The molecule has 4 nitrogen and oxygen atoms in total. The highest BCUT2D eigenvalue weighted by Gasteiger charge is 2.07. The Bertz CT molecular complexity index is 728. The number of para-hydroxylation sites is 1. The number of ether oxygens (including phenoxy) is 1. The van der Waals surface area contributed by atoms with Crippen LogP contribution in [0.4, 0.5) is 5.95 Å². The van der Waals surface area contributed by atoms with Gasteiger partial charge in [-0.05, 0) is 36.4 Å². The van der Waals surface area contributed by atoms with Crippen LogP contribution >= 0.6 is 11.6 Å². The Morgan fingerprint density at radius 2 is 1.68 bits per heavy atom. The van der Waals surface area contributed by atoms with Crippen molar-refractivity contribution in [2.24, 2.45) is 0 Å². The summed E-state index contributed by atoms with van der Waals surface area (Å²) < 4.78 is 5.74. The lowest BCUT2D eigenvalue weighted by Crippen LogP contribution is -1.98. The lowest BCUT2D eigenvalue weighted by molar-refractivity contribution is 0.469. The van der Waals surface area contributed by atoms with Crippen LogP contribution in [0.5, 0.6) is 11.6 Å². The lowest BCUT2D eigenvalue weighted by atomic mass is 10.2. The molecule has 0 aliphatic rings. The minimum atomic E-state index is 0.183. The van der Waals surface area contributed by atoms with Gasteiger partial charge < -0.3 is 10.5 Å². The zero-order valence-electron chi connectivity index (χ0n) is 9.88. The van der Waals surface area contributed by atoms with Gasteiger partial charge in [0.1, 0.15) is 5.75 Å². The molecule has 0 atom stereocenters. The van der Waals surface area contributed by atoms with E-state index in [-0.39, 0.29) is 5.95 Å². The van der Waals surface area contributed by atoms with Crippen LogP contribution in [0, 0.1) is 0 Å². The Hall–Kier alpha value is -2.33. The Morgan fingerprint density at radius 1 is 0.947 bits per heavy atom. The van der Waals surface area contributed by atoms with E-state index in [2.05, 4.69) is 9.97 Å². The van der Waals surface area contributed by atoms with Crippen LogP contribution in [0.15, 0.2) is 48.5 Å². The van der Waals surface area contributed by atoms with Gasteiger partial charge in [0.25, 0.3) is 0 Å². The third-order valence-electron chi connectivity index (χ3n) is 2.61. The van der Waals surface area contributed by atoms with Crippen molar-refractivity contribution < 1.29 is 4.74 Å². The normalized spacial score (nSPS) is 10.6. The summed E-state index contributed by atoms with van der Waals surface area (Å²) in [6.45, 7) is 0. The number of halogens is 1. The van der Waals surface area contributed by atoms with Crippen LogP contribution in [-0.4, -0.2) is 9.97 Å². The summed E-state index contributed by atoms with van der Waals surface area (Å²) in [6, 6.07) is 14.6. The van der Waals surface area contributed by atoms with Crippen LogP contribution < -0.4 is 10.5 Å². The minimum absolute atomic E-state index is 0.183. The van der Waals surface area contributed by atoms with Crippen LogP contribution in [0.2, 0.25) is 5.02 Å². The maximum atomic E-state index is 5.83. The second kappa shape index (κ2) is 4.74. The first kappa shape index (κ1) is 11.7. The highest BCUT2D eigenvalue weighted by molar-refractivity contribution is 6.30. The zero-order chi connectivity index (χ0) is 13.2. The fourth-order valence-corrected chi connectivity index (χ4v) is 1.88. The molecule has 0 saturated carbocycles. The summed E-state index contributed by atoms with van der Waals surface area (Å²) >= 11 is 5.83. The van der Waals surface area contributed by atoms with E-state index >= 15 is 0 Å². The SMILES string of the molecule is Nc1nc(Oc2ccc(Cl)cc2)c2ccccc2n1. The van der Waals surface area contributed by atoms with Gasteiger partial charge in [-0.2, -0.15) is 4.98 Å². The molecule has 1 aromatic heterocycles. The van der Waals surface area contributed by atoms with Crippen LogP contribution in [-0.2, 0) is 0 Å². The highest BCUT2D eigenvalue weighted by Crippen LogP contribution is 2.28. The lowest BCUT2D eigenvalue weighted by Gasteiger charge is -2.08. The highest BCUT2D eigenvalue weighted by atomic mass is 35.5. The topological polar surface area (TPSA) is 61.0 Å². The Labute approximate surface area is 114 Å². The molecule has 5 heteroatoms. The standard InChI is InChI=1S/C14H10ClN3O/c15-9-5-7-10(8-6-9)19-13-11-3-1-2-4-12(11)17-14(16)18-13/h1-8H,(H2,16,17,18). The number of benzene rings is 2. The van der Waals surface area contributed by atoms with Crippen LogP contribution in [0.25, 0.3) is 10.9 Å². The monoisotopic (exact) mass is 271 g/mol. The molecule has 0 amide bonds. The summed E-state index contributed by atoms with van der Waals surface area (Å²) in [5, 5.41) is 1.46. The molecule has 1 heterocycles. The fourth-order valence-electron chi connectivity index (χ4n) is 1.76. The molecule has 0 bridgehead atoms. The van der Waals surface area contributed by atoms with Gasteiger partial charge in [0.2, 0.25) is 11.8 Å². The average Bonchev–Trinajstić information content (AvgIpc) is 2.41. The molecule has 94 valence electrons. The quantitative estimate of drug-likeness (QED) is 0.773. The smallest absolute Gasteiger partial charge is 0.231 e. The number of nitrogens with two attached hydrogens (primary N) is 1. The molecule has 2 aromatic carbocycles. The Balaban J connectivity index is 2.07. The Kier molecular flexibility index (Phi) is 2.93. The van der Waals surface area contributed by atoms with Crippen molar-refractivity contribution in [2.45, 2.75) is 0 Å². The largest absolute Gasteiger partial charge is 0.438 e. The van der Waals surface area contributed by atoms with Crippen molar-refractivity contribution in [3.8, 4) is 11.6 Å². The maximum absolute atomic E-state index is 5.83. The summed E-state index contributed by atoms with van der Waals surface area (Å²) in [7, 11) is 0. The molecule has 0 saturated heterocycles.